The van der Waals surface area contributed by atoms with Crippen LogP contribution in [-0.4, -0.2) is 11.5 Å². The van der Waals surface area contributed by atoms with Crippen molar-refractivity contribution in [2.24, 2.45) is 5.41 Å². The smallest absolute Gasteiger partial charge is 0.210 e. The Balaban J connectivity index is 4.36. The van der Waals surface area contributed by atoms with E-state index in [1.807, 2.05) is 19.9 Å². The first-order valence-corrected chi connectivity index (χ1v) is 4.09. The normalized spacial score (nSPS) is 10.8. The van der Waals surface area contributed by atoms with Gasteiger partial charge in [0.05, 0.1) is 6.07 Å². The summed E-state index contributed by atoms with van der Waals surface area (Å²) in [5.74, 6) is 0. The lowest BCUT2D eigenvalue weighted by Gasteiger charge is -2.23. The van der Waals surface area contributed by atoms with Crippen LogP contribution in [0.2, 0.25) is 0 Å². The minimum absolute atomic E-state index is 0.0897. The van der Waals surface area contributed by atoms with Crippen molar-refractivity contribution in [3.63, 3.8) is 0 Å². The fourth-order valence-electron chi connectivity index (χ4n) is 1.22. The molecule has 0 aromatic rings. The van der Waals surface area contributed by atoms with Gasteiger partial charge in [0.25, 0.3) is 0 Å². The molecule has 0 bridgehead atoms. The first kappa shape index (κ1) is 10.9. The van der Waals surface area contributed by atoms with Crippen molar-refractivity contribution in [1.29, 1.82) is 5.26 Å². The second-order valence-corrected chi connectivity index (χ2v) is 3.03. The van der Waals surface area contributed by atoms with Gasteiger partial charge in [0, 0.05) is 16.8 Å². The van der Waals surface area contributed by atoms with Gasteiger partial charge in [-0.15, -0.1) is 0 Å². The van der Waals surface area contributed by atoms with Crippen LogP contribution in [0, 0.1) is 26.9 Å². The van der Waals surface area contributed by atoms with Crippen LogP contribution in [0.15, 0.2) is 0 Å². The average Bonchev–Trinajstić information content (AvgIpc) is 2.03. The molecule has 0 unspecified atom stereocenters. The van der Waals surface area contributed by atoms with Gasteiger partial charge in [-0.1, -0.05) is 13.8 Å². The molecule has 0 atom stereocenters. The van der Waals surface area contributed by atoms with Crippen molar-refractivity contribution in [3.8, 4) is 6.07 Å². The molecule has 0 spiro atoms. The van der Waals surface area contributed by atoms with Crippen LogP contribution >= 0.6 is 0 Å². The highest BCUT2D eigenvalue weighted by atomic mass is 16.6. The van der Waals surface area contributed by atoms with E-state index in [0.717, 1.165) is 0 Å². The molecule has 4 heteroatoms. The van der Waals surface area contributed by atoms with Crippen molar-refractivity contribution >= 4 is 0 Å². The highest BCUT2D eigenvalue weighted by Gasteiger charge is 2.31. The first-order chi connectivity index (χ1) is 5.60. The summed E-state index contributed by atoms with van der Waals surface area (Å²) >= 11 is 0. The Kier molecular flexibility index (Phi) is 4.27. The van der Waals surface area contributed by atoms with Crippen LogP contribution in [0.1, 0.15) is 33.1 Å². The zero-order valence-electron chi connectivity index (χ0n) is 7.54. The largest absolute Gasteiger partial charge is 0.265 e. The summed E-state index contributed by atoms with van der Waals surface area (Å²) in [6.45, 7) is 3.70. The van der Waals surface area contributed by atoms with Gasteiger partial charge in [0.2, 0.25) is 6.54 Å². The third-order valence-corrected chi connectivity index (χ3v) is 2.42. The van der Waals surface area contributed by atoms with E-state index in [2.05, 4.69) is 0 Å². The summed E-state index contributed by atoms with van der Waals surface area (Å²) in [4.78, 5) is 9.97. The van der Waals surface area contributed by atoms with E-state index in [0.29, 0.717) is 12.8 Å². The van der Waals surface area contributed by atoms with E-state index in [-0.39, 0.29) is 17.9 Å². The molecule has 0 aromatic heterocycles. The van der Waals surface area contributed by atoms with E-state index in [1.54, 1.807) is 0 Å². The highest BCUT2D eigenvalue weighted by Crippen LogP contribution is 2.29. The highest BCUT2D eigenvalue weighted by molar-refractivity contribution is 4.86. The topological polar surface area (TPSA) is 66.9 Å². The molecule has 0 heterocycles. The van der Waals surface area contributed by atoms with E-state index < -0.39 is 5.41 Å². The Morgan fingerprint density at radius 1 is 1.50 bits per heavy atom. The molecule has 0 fully saturated rings. The Hall–Kier alpha value is -1.11. The summed E-state index contributed by atoms with van der Waals surface area (Å²) < 4.78 is 0. The van der Waals surface area contributed by atoms with E-state index in [9.17, 15) is 10.1 Å². The van der Waals surface area contributed by atoms with Gasteiger partial charge in [0.15, 0.2) is 0 Å². The maximum atomic E-state index is 10.3. The van der Waals surface area contributed by atoms with Gasteiger partial charge in [0.1, 0.15) is 0 Å². The van der Waals surface area contributed by atoms with Crippen molar-refractivity contribution in [3.05, 3.63) is 10.1 Å². The molecule has 0 amide bonds. The fraction of sp³-hybridized carbons (Fsp3) is 0.875. The molecule has 68 valence electrons. The van der Waals surface area contributed by atoms with Crippen molar-refractivity contribution in [2.75, 3.05) is 6.54 Å². The third-order valence-electron chi connectivity index (χ3n) is 2.42. The van der Waals surface area contributed by atoms with Crippen molar-refractivity contribution < 1.29 is 4.92 Å². The summed E-state index contributed by atoms with van der Waals surface area (Å²) in [6.07, 6.45) is 1.66. The second kappa shape index (κ2) is 4.70. The number of nitriles is 1. The first-order valence-electron chi connectivity index (χ1n) is 4.09. The molecule has 0 N–H and O–H groups in total. The van der Waals surface area contributed by atoms with Crippen molar-refractivity contribution in [2.45, 2.75) is 33.1 Å². The molecule has 0 rings (SSSR count). The predicted molar refractivity (Wildman–Crippen MR) is 45.1 cm³/mol. The number of nitrogens with zero attached hydrogens (tertiary/aromatic N) is 2. The third kappa shape index (κ3) is 2.87. The van der Waals surface area contributed by atoms with Crippen LogP contribution in [-0.2, 0) is 0 Å². The number of hydrogen-bond donors (Lipinski definition) is 0. The number of nitro groups is 1. The molecule has 0 aromatic carbocycles. The molecule has 0 aliphatic rings. The summed E-state index contributed by atoms with van der Waals surface area (Å²) in [5, 5.41) is 18.8. The quantitative estimate of drug-likeness (QED) is 0.468. The van der Waals surface area contributed by atoms with Crippen LogP contribution in [0.3, 0.4) is 0 Å². The lowest BCUT2D eigenvalue weighted by Crippen LogP contribution is -2.28. The molecule has 0 aliphatic heterocycles. The Labute approximate surface area is 72.3 Å². The minimum Gasteiger partial charge on any atom is -0.265 e. The summed E-state index contributed by atoms with van der Waals surface area (Å²) in [5.41, 5.74) is -0.405. The lowest BCUT2D eigenvalue weighted by atomic mass is 9.80. The Morgan fingerprint density at radius 3 is 2.25 bits per heavy atom. The molecule has 0 saturated carbocycles. The Bertz CT molecular complexity index is 192. The molecule has 4 nitrogen and oxygen atoms in total. The van der Waals surface area contributed by atoms with E-state index in [1.165, 1.54) is 0 Å². The van der Waals surface area contributed by atoms with Crippen LogP contribution in [0.4, 0.5) is 0 Å². The number of rotatable bonds is 5. The van der Waals surface area contributed by atoms with E-state index in [4.69, 9.17) is 5.26 Å². The monoisotopic (exact) mass is 170 g/mol. The van der Waals surface area contributed by atoms with Gasteiger partial charge in [-0.05, 0) is 12.8 Å². The van der Waals surface area contributed by atoms with Crippen LogP contribution in [0.5, 0.6) is 0 Å². The molecule has 0 radical (unpaired) electrons. The Morgan fingerprint density at radius 2 is 2.00 bits per heavy atom. The van der Waals surface area contributed by atoms with Gasteiger partial charge in [-0.2, -0.15) is 5.26 Å². The molecule has 12 heavy (non-hydrogen) atoms. The zero-order valence-corrected chi connectivity index (χ0v) is 7.54. The maximum Gasteiger partial charge on any atom is 0.210 e. The van der Waals surface area contributed by atoms with Gasteiger partial charge in [-0.3, -0.25) is 10.1 Å². The fourth-order valence-corrected chi connectivity index (χ4v) is 1.22. The molecular weight excluding hydrogens is 156 g/mol. The molecule has 0 saturated heterocycles. The van der Waals surface area contributed by atoms with Gasteiger partial charge >= 0.3 is 0 Å². The standard InChI is InChI=1S/C8H14N2O2/c1-3-8(4-2,5-6-9)7-10(11)12/h3-5,7H2,1-2H3. The maximum absolute atomic E-state index is 10.3. The van der Waals surface area contributed by atoms with E-state index >= 15 is 0 Å². The summed E-state index contributed by atoms with van der Waals surface area (Å²) in [7, 11) is 0. The van der Waals surface area contributed by atoms with Crippen molar-refractivity contribution in [1.82, 2.24) is 0 Å². The second-order valence-electron chi connectivity index (χ2n) is 3.03. The molecule has 0 aliphatic carbocycles. The zero-order chi connectivity index (χ0) is 9.61. The van der Waals surface area contributed by atoms with Gasteiger partial charge in [-0.25, -0.2) is 0 Å². The predicted octanol–water partition coefficient (Wildman–Crippen LogP) is 1.98. The van der Waals surface area contributed by atoms with Crippen LogP contribution in [0.25, 0.3) is 0 Å². The minimum atomic E-state index is -0.405. The number of hydrogen-bond acceptors (Lipinski definition) is 3. The van der Waals surface area contributed by atoms with Crippen LogP contribution < -0.4 is 0 Å². The SMILES string of the molecule is CCC(CC)(CC#N)C[N+](=O)[O-]. The lowest BCUT2D eigenvalue weighted by molar-refractivity contribution is -0.497. The average molecular weight is 170 g/mol. The van der Waals surface area contributed by atoms with Gasteiger partial charge < -0.3 is 0 Å². The summed E-state index contributed by atoms with van der Waals surface area (Å²) in [6, 6.07) is 2.01. The molecular formula is C8H14N2O2.